The van der Waals surface area contributed by atoms with Crippen molar-refractivity contribution in [3.05, 3.63) is 41.2 Å². The van der Waals surface area contributed by atoms with Gasteiger partial charge in [-0.2, -0.15) is 13.2 Å². The number of amides is 1. The van der Waals surface area contributed by atoms with E-state index in [4.69, 9.17) is 4.74 Å². The first-order chi connectivity index (χ1) is 11.0. The average molecular weight is 345 g/mol. The van der Waals surface area contributed by atoms with Crippen LogP contribution in [0.1, 0.15) is 31.9 Å². The van der Waals surface area contributed by atoms with Gasteiger partial charge in [-0.25, -0.2) is 9.18 Å². The van der Waals surface area contributed by atoms with Crippen LogP contribution in [0, 0.1) is 11.7 Å². The molecule has 1 heterocycles. The molecule has 0 unspecified atom stereocenters. The van der Waals surface area contributed by atoms with Crippen molar-refractivity contribution < 1.29 is 27.1 Å². The van der Waals surface area contributed by atoms with Crippen LogP contribution >= 0.6 is 0 Å². The molecule has 1 aromatic rings. The molecular weight excluding hydrogens is 326 g/mol. The lowest BCUT2D eigenvalue weighted by atomic mass is 9.97. The summed E-state index contributed by atoms with van der Waals surface area (Å²) < 4.78 is 57.6. The van der Waals surface area contributed by atoms with E-state index in [1.54, 1.807) is 20.8 Å². The number of carbonyl (C=O) groups excluding carboxylic acids is 1. The Kier molecular flexibility index (Phi) is 4.92. The predicted molar refractivity (Wildman–Crippen MR) is 81.7 cm³/mol. The Labute approximate surface area is 137 Å². The molecule has 0 aromatic heterocycles. The van der Waals surface area contributed by atoms with Gasteiger partial charge < -0.3 is 9.64 Å². The van der Waals surface area contributed by atoms with Crippen molar-refractivity contribution in [3.8, 4) is 0 Å². The zero-order valence-corrected chi connectivity index (χ0v) is 13.7. The lowest BCUT2D eigenvalue weighted by molar-refractivity contribution is -0.137. The maximum Gasteiger partial charge on any atom is 0.417 e. The van der Waals surface area contributed by atoms with E-state index in [9.17, 15) is 22.4 Å². The molecule has 3 nitrogen and oxygen atoms in total. The highest BCUT2D eigenvalue weighted by atomic mass is 19.4. The zero-order valence-electron chi connectivity index (χ0n) is 13.7. The summed E-state index contributed by atoms with van der Waals surface area (Å²) in [7, 11) is 0. The summed E-state index contributed by atoms with van der Waals surface area (Å²) in [5.74, 6) is -1.05. The second-order valence-electron chi connectivity index (χ2n) is 6.70. The van der Waals surface area contributed by atoms with E-state index in [0.29, 0.717) is 13.1 Å². The van der Waals surface area contributed by atoms with Crippen molar-refractivity contribution in [1.82, 2.24) is 4.90 Å². The van der Waals surface area contributed by atoms with Gasteiger partial charge in [0.15, 0.2) is 0 Å². The van der Waals surface area contributed by atoms with Crippen LogP contribution in [-0.4, -0.2) is 29.7 Å². The first-order valence-corrected chi connectivity index (χ1v) is 7.49. The van der Waals surface area contributed by atoms with Crippen LogP contribution in [-0.2, 0) is 10.9 Å². The van der Waals surface area contributed by atoms with Crippen LogP contribution in [0.2, 0.25) is 0 Å². The number of halogens is 4. The van der Waals surface area contributed by atoms with Crippen molar-refractivity contribution in [1.29, 1.82) is 0 Å². The Morgan fingerprint density at radius 3 is 2.42 bits per heavy atom. The molecule has 1 fully saturated rings. The number of hydrogen-bond acceptors (Lipinski definition) is 2. The van der Waals surface area contributed by atoms with Gasteiger partial charge >= 0.3 is 12.3 Å². The molecule has 0 saturated carbocycles. The Bertz CT molecular complexity index is 641. The molecule has 0 bridgehead atoms. The molecule has 24 heavy (non-hydrogen) atoms. The lowest BCUT2D eigenvalue weighted by Gasteiger charge is -2.38. The fourth-order valence-electron chi connectivity index (χ4n) is 2.30. The number of hydrogen-bond donors (Lipinski definition) is 0. The van der Waals surface area contributed by atoms with Gasteiger partial charge in [-0.05, 0) is 32.9 Å². The van der Waals surface area contributed by atoms with Gasteiger partial charge in [0.25, 0.3) is 0 Å². The van der Waals surface area contributed by atoms with Gasteiger partial charge in [-0.15, -0.1) is 0 Å². The first-order valence-electron chi connectivity index (χ1n) is 7.49. The highest BCUT2D eigenvalue weighted by Gasteiger charge is 2.35. The fraction of sp³-hybridized carbons (Fsp3) is 0.471. The number of rotatable bonds is 2. The molecule has 2 rings (SSSR count). The van der Waals surface area contributed by atoms with Gasteiger partial charge in [0.05, 0.1) is 5.56 Å². The van der Waals surface area contributed by atoms with Crippen molar-refractivity contribution in [2.24, 2.45) is 5.92 Å². The Balaban J connectivity index is 2.01. The number of ether oxygens (including phenoxy) is 1. The summed E-state index contributed by atoms with van der Waals surface area (Å²) in [5.41, 5.74) is -2.10. The normalized spacial score (nSPS) is 16.4. The van der Waals surface area contributed by atoms with Crippen molar-refractivity contribution in [2.45, 2.75) is 32.5 Å². The molecule has 0 spiro atoms. The number of benzene rings is 1. The number of alkyl halides is 3. The van der Waals surface area contributed by atoms with E-state index >= 15 is 0 Å². The van der Waals surface area contributed by atoms with Crippen LogP contribution in [0.25, 0.3) is 6.08 Å². The minimum atomic E-state index is -4.62. The molecule has 0 radical (unpaired) electrons. The predicted octanol–water partition coefficient (Wildman–Crippen LogP) is 4.72. The topological polar surface area (TPSA) is 29.5 Å². The largest absolute Gasteiger partial charge is 0.444 e. The summed E-state index contributed by atoms with van der Waals surface area (Å²) in [5, 5.41) is 0. The lowest BCUT2D eigenvalue weighted by Crippen LogP contribution is -2.50. The third-order valence-electron chi connectivity index (χ3n) is 3.45. The molecule has 0 N–H and O–H groups in total. The number of carbonyl (C=O) groups is 1. The molecule has 0 aliphatic carbocycles. The van der Waals surface area contributed by atoms with E-state index in [1.165, 1.54) is 11.0 Å². The van der Waals surface area contributed by atoms with Crippen LogP contribution in [0.15, 0.2) is 24.3 Å². The Hall–Kier alpha value is -2.05. The molecule has 1 saturated heterocycles. The standard InChI is InChI=1S/C17H19F4NO2/c1-16(2,3)24-15(23)22-9-11(10-22)7-8-12-13(17(19,20)21)5-4-6-14(12)18/h4-8,11H,9-10H2,1-3H3/b8-7+. The van der Waals surface area contributed by atoms with E-state index in [2.05, 4.69) is 0 Å². The van der Waals surface area contributed by atoms with Gasteiger partial charge in [0.1, 0.15) is 11.4 Å². The van der Waals surface area contributed by atoms with E-state index in [0.717, 1.165) is 24.3 Å². The molecular formula is C17H19F4NO2. The summed E-state index contributed by atoms with van der Waals surface area (Å²) in [6, 6.07) is 2.86. The molecule has 0 atom stereocenters. The smallest absolute Gasteiger partial charge is 0.417 e. The van der Waals surface area contributed by atoms with Gasteiger partial charge in [0.2, 0.25) is 0 Å². The maximum atomic E-state index is 13.7. The summed E-state index contributed by atoms with van der Waals surface area (Å²) in [6.07, 6.45) is -2.46. The van der Waals surface area contributed by atoms with Crippen molar-refractivity contribution in [3.63, 3.8) is 0 Å². The molecule has 1 aliphatic heterocycles. The Morgan fingerprint density at radius 1 is 1.25 bits per heavy atom. The third kappa shape index (κ3) is 4.49. The molecule has 1 aromatic carbocycles. The van der Waals surface area contributed by atoms with Crippen LogP contribution in [0.3, 0.4) is 0 Å². The van der Waals surface area contributed by atoms with Crippen LogP contribution < -0.4 is 0 Å². The monoisotopic (exact) mass is 345 g/mol. The molecule has 1 amide bonds. The Morgan fingerprint density at radius 2 is 1.88 bits per heavy atom. The summed E-state index contributed by atoms with van der Waals surface area (Å²) >= 11 is 0. The van der Waals surface area contributed by atoms with E-state index in [-0.39, 0.29) is 5.92 Å². The van der Waals surface area contributed by atoms with Crippen LogP contribution in [0.4, 0.5) is 22.4 Å². The number of likely N-dealkylation sites (tertiary alicyclic amines) is 1. The second kappa shape index (κ2) is 6.45. The SMILES string of the molecule is CC(C)(C)OC(=O)N1CC(/C=C/c2c(F)cccc2C(F)(F)F)C1. The van der Waals surface area contributed by atoms with Gasteiger partial charge in [0, 0.05) is 24.6 Å². The maximum absolute atomic E-state index is 13.7. The number of nitrogens with zero attached hydrogens (tertiary/aromatic N) is 1. The summed E-state index contributed by atoms with van der Waals surface area (Å²) in [6.45, 7) is 5.92. The third-order valence-corrected chi connectivity index (χ3v) is 3.45. The molecule has 7 heteroatoms. The fourth-order valence-corrected chi connectivity index (χ4v) is 2.30. The molecule has 1 aliphatic rings. The summed E-state index contributed by atoms with van der Waals surface area (Å²) in [4.78, 5) is 13.2. The van der Waals surface area contributed by atoms with Crippen molar-refractivity contribution in [2.75, 3.05) is 13.1 Å². The highest BCUT2D eigenvalue weighted by Crippen LogP contribution is 2.34. The van der Waals surface area contributed by atoms with Crippen LogP contribution in [0.5, 0.6) is 0 Å². The van der Waals surface area contributed by atoms with Crippen molar-refractivity contribution >= 4 is 12.2 Å². The highest BCUT2D eigenvalue weighted by molar-refractivity contribution is 5.69. The average Bonchev–Trinajstić information content (AvgIpc) is 2.34. The van der Waals surface area contributed by atoms with E-state index < -0.39 is 34.8 Å². The minimum absolute atomic E-state index is 0.127. The first kappa shape index (κ1) is 18.3. The zero-order chi connectivity index (χ0) is 18.1. The minimum Gasteiger partial charge on any atom is -0.444 e. The van der Waals surface area contributed by atoms with Gasteiger partial charge in [-0.3, -0.25) is 0 Å². The molecule has 132 valence electrons. The second-order valence-corrected chi connectivity index (χ2v) is 6.70. The van der Waals surface area contributed by atoms with Gasteiger partial charge in [-0.1, -0.05) is 18.2 Å². The quantitative estimate of drug-likeness (QED) is 0.726. The van der Waals surface area contributed by atoms with E-state index in [1.807, 2.05) is 0 Å².